The van der Waals surface area contributed by atoms with Crippen LogP contribution in [0.1, 0.15) is 39.2 Å². The zero-order valence-electron chi connectivity index (χ0n) is 12.9. The standard InChI is InChI=1S/C16H23N3O2/c1-4-13-14(20)18-16(3,5-2)15(21)19(13)10-8-12-7-6-9-17-11-12/h6-7,9,11,13H,4-5,8,10H2,1-3H3,(H,18,20). The second kappa shape index (κ2) is 6.24. The van der Waals surface area contributed by atoms with Crippen LogP contribution in [0.25, 0.3) is 0 Å². The van der Waals surface area contributed by atoms with Gasteiger partial charge in [0.2, 0.25) is 11.8 Å². The van der Waals surface area contributed by atoms with Gasteiger partial charge in [-0.05, 0) is 37.8 Å². The Bertz CT molecular complexity index is 518. The molecule has 1 aromatic heterocycles. The molecule has 1 saturated heterocycles. The molecule has 1 aromatic rings. The van der Waals surface area contributed by atoms with Gasteiger partial charge in [-0.25, -0.2) is 0 Å². The molecule has 1 N–H and O–H groups in total. The van der Waals surface area contributed by atoms with E-state index in [1.165, 1.54) is 0 Å². The zero-order valence-corrected chi connectivity index (χ0v) is 12.9. The largest absolute Gasteiger partial charge is 0.340 e. The first-order valence-electron chi connectivity index (χ1n) is 7.53. The van der Waals surface area contributed by atoms with E-state index in [2.05, 4.69) is 10.3 Å². The van der Waals surface area contributed by atoms with Crippen molar-refractivity contribution in [2.75, 3.05) is 6.54 Å². The SMILES string of the molecule is CCC1C(=O)NC(C)(CC)C(=O)N1CCc1cccnc1. The fourth-order valence-electron chi connectivity index (χ4n) is 2.71. The van der Waals surface area contributed by atoms with E-state index in [9.17, 15) is 9.59 Å². The van der Waals surface area contributed by atoms with Crippen LogP contribution in [0, 0.1) is 0 Å². The number of pyridine rings is 1. The van der Waals surface area contributed by atoms with E-state index in [0.29, 0.717) is 25.8 Å². The molecule has 2 amide bonds. The lowest BCUT2D eigenvalue weighted by Gasteiger charge is -2.44. The number of rotatable bonds is 5. The van der Waals surface area contributed by atoms with E-state index in [-0.39, 0.29) is 17.9 Å². The molecular weight excluding hydrogens is 266 g/mol. The van der Waals surface area contributed by atoms with Crippen molar-refractivity contribution in [3.8, 4) is 0 Å². The Morgan fingerprint density at radius 2 is 2.14 bits per heavy atom. The minimum Gasteiger partial charge on any atom is -0.340 e. The van der Waals surface area contributed by atoms with Gasteiger partial charge in [0, 0.05) is 18.9 Å². The molecule has 0 saturated carbocycles. The minimum atomic E-state index is -0.780. The van der Waals surface area contributed by atoms with Crippen LogP contribution in [0.2, 0.25) is 0 Å². The van der Waals surface area contributed by atoms with E-state index >= 15 is 0 Å². The van der Waals surface area contributed by atoms with Crippen molar-refractivity contribution in [1.29, 1.82) is 0 Å². The van der Waals surface area contributed by atoms with E-state index in [0.717, 1.165) is 5.56 Å². The quantitative estimate of drug-likeness (QED) is 0.894. The van der Waals surface area contributed by atoms with E-state index < -0.39 is 5.54 Å². The zero-order chi connectivity index (χ0) is 15.5. The Labute approximate surface area is 125 Å². The first-order chi connectivity index (χ1) is 10.0. The average Bonchev–Trinajstić information content (AvgIpc) is 2.50. The Kier molecular flexibility index (Phi) is 4.60. The van der Waals surface area contributed by atoms with Gasteiger partial charge in [0.1, 0.15) is 11.6 Å². The van der Waals surface area contributed by atoms with Crippen LogP contribution in [-0.2, 0) is 16.0 Å². The molecular formula is C16H23N3O2. The Morgan fingerprint density at radius 1 is 1.38 bits per heavy atom. The minimum absolute atomic E-state index is 0.0142. The highest BCUT2D eigenvalue weighted by atomic mass is 16.2. The molecule has 2 atom stereocenters. The highest BCUT2D eigenvalue weighted by Crippen LogP contribution is 2.23. The number of nitrogens with one attached hydrogen (secondary N) is 1. The maximum absolute atomic E-state index is 12.7. The fraction of sp³-hybridized carbons (Fsp3) is 0.562. The van der Waals surface area contributed by atoms with Crippen molar-refractivity contribution in [3.63, 3.8) is 0 Å². The summed E-state index contributed by atoms with van der Waals surface area (Å²) in [4.78, 5) is 30.8. The lowest BCUT2D eigenvalue weighted by Crippen LogP contribution is -2.69. The molecule has 0 radical (unpaired) electrons. The molecule has 2 unspecified atom stereocenters. The number of carbonyl (C=O) groups excluding carboxylic acids is 2. The monoisotopic (exact) mass is 289 g/mol. The molecule has 1 fully saturated rings. The van der Waals surface area contributed by atoms with Gasteiger partial charge in [-0.3, -0.25) is 14.6 Å². The lowest BCUT2D eigenvalue weighted by atomic mass is 9.91. The summed E-state index contributed by atoms with van der Waals surface area (Å²) in [5.74, 6) is -0.0343. The molecule has 2 heterocycles. The molecule has 0 aliphatic carbocycles. The summed E-state index contributed by atoms with van der Waals surface area (Å²) in [7, 11) is 0. The van der Waals surface area contributed by atoms with Gasteiger partial charge in [0.05, 0.1) is 0 Å². The summed E-state index contributed by atoms with van der Waals surface area (Å²) in [6.45, 7) is 6.20. The lowest BCUT2D eigenvalue weighted by molar-refractivity contribution is -0.154. The van der Waals surface area contributed by atoms with Gasteiger partial charge in [-0.2, -0.15) is 0 Å². The Hall–Kier alpha value is -1.91. The van der Waals surface area contributed by atoms with E-state index in [1.54, 1.807) is 24.2 Å². The smallest absolute Gasteiger partial charge is 0.248 e. The summed E-state index contributed by atoms with van der Waals surface area (Å²) in [5.41, 5.74) is 0.293. The molecule has 21 heavy (non-hydrogen) atoms. The number of aromatic nitrogens is 1. The van der Waals surface area contributed by atoms with Crippen molar-refractivity contribution in [2.45, 2.75) is 51.6 Å². The summed E-state index contributed by atoms with van der Waals surface area (Å²) in [6.07, 6.45) is 5.46. The van der Waals surface area contributed by atoms with Gasteiger partial charge in [-0.15, -0.1) is 0 Å². The molecule has 1 aliphatic heterocycles. The first kappa shape index (κ1) is 15.5. The summed E-state index contributed by atoms with van der Waals surface area (Å²) in [6, 6.07) is 3.50. The van der Waals surface area contributed by atoms with Crippen molar-refractivity contribution in [2.24, 2.45) is 0 Å². The number of hydrogen-bond acceptors (Lipinski definition) is 3. The van der Waals surface area contributed by atoms with Crippen LogP contribution >= 0.6 is 0 Å². The van der Waals surface area contributed by atoms with Crippen LogP contribution < -0.4 is 5.32 Å². The molecule has 0 aromatic carbocycles. The van der Waals surface area contributed by atoms with Gasteiger partial charge < -0.3 is 10.2 Å². The third-order valence-corrected chi connectivity index (χ3v) is 4.27. The molecule has 5 nitrogen and oxygen atoms in total. The number of nitrogens with zero attached hydrogens (tertiary/aromatic N) is 2. The highest BCUT2D eigenvalue weighted by Gasteiger charge is 2.45. The second-order valence-corrected chi connectivity index (χ2v) is 5.71. The van der Waals surface area contributed by atoms with Crippen LogP contribution in [0.3, 0.4) is 0 Å². The third-order valence-electron chi connectivity index (χ3n) is 4.27. The molecule has 1 aliphatic rings. The fourth-order valence-corrected chi connectivity index (χ4v) is 2.71. The van der Waals surface area contributed by atoms with Gasteiger partial charge in [-0.1, -0.05) is 19.9 Å². The van der Waals surface area contributed by atoms with E-state index in [1.807, 2.05) is 26.0 Å². The Morgan fingerprint density at radius 3 is 2.71 bits per heavy atom. The maximum Gasteiger partial charge on any atom is 0.248 e. The van der Waals surface area contributed by atoms with Gasteiger partial charge in [0.15, 0.2) is 0 Å². The number of piperazine rings is 1. The van der Waals surface area contributed by atoms with Crippen molar-refractivity contribution < 1.29 is 9.59 Å². The topological polar surface area (TPSA) is 62.3 Å². The maximum atomic E-state index is 12.7. The van der Waals surface area contributed by atoms with Gasteiger partial charge >= 0.3 is 0 Å². The summed E-state index contributed by atoms with van der Waals surface area (Å²) < 4.78 is 0. The highest BCUT2D eigenvalue weighted by molar-refractivity contribution is 5.99. The first-order valence-corrected chi connectivity index (χ1v) is 7.53. The summed E-state index contributed by atoms with van der Waals surface area (Å²) in [5, 5.41) is 2.88. The van der Waals surface area contributed by atoms with E-state index in [4.69, 9.17) is 0 Å². The van der Waals surface area contributed by atoms with Gasteiger partial charge in [0.25, 0.3) is 0 Å². The van der Waals surface area contributed by atoms with Crippen LogP contribution in [0.4, 0.5) is 0 Å². The molecule has 114 valence electrons. The molecule has 0 bridgehead atoms. The van der Waals surface area contributed by atoms with Crippen LogP contribution in [-0.4, -0.2) is 39.8 Å². The average molecular weight is 289 g/mol. The normalized spacial score (nSPS) is 25.9. The van der Waals surface area contributed by atoms with Crippen molar-refractivity contribution in [1.82, 2.24) is 15.2 Å². The van der Waals surface area contributed by atoms with Crippen LogP contribution in [0.15, 0.2) is 24.5 Å². The molecule has 2 rings (SSSR count). The second-order valence-electron chi connectivity index (χ2n) is 5.71. The molecule has 0 spiro atoms. The number of amides is 2. The third kappa shape index (κ3) is 3.06. The number of carbonyl (C=O) groups is 2. The predicted octanol–water partition coefficient (Wildman–Crippen LogP) is 1.53. The Balaban J connectivity index is 2.16. The van der Waals surface area contributed by atoms with Crippen molar-refractivity contribution >= 4 is 11.8 Å². The van der Waals surface area contributed by atoms with Crippen molar-refractivity contribution in [3.05, 3.63) is 30.1 Å². The summed E-state index contributed by atoms with van der Waals surface area (Å²) >= 11 is 0. The number of hydrogen-bond donors (Lipinski definition) is 1. The molecule has 5 heteroatoms. The predicted molar refractivity (Wildman–Crippen MR) is 80.6 cm³/mol. The van der Waals surface area contributed by atoms with Crippen LogP contribution in [0.5, 0.6) is 0 Å².